The Hall–Kier alpha value is -0.840. The van der Waals surface area contributed by atoms with Crippen LogP contribution in [0, 0.1) is 0 Å². The van der Waals surface area contributed by atoms with E-state index in [4.69, 9.17) is 4.74 Å². The molecule has 1 amide bonds. The first kappa shape index (κ1) is 12.2. The van der Waals surface area contributed by atoms with Gasteiger partial charge in [-0.3, -0.25) is 0 Å². The van der Waals surface area contributed by atoms with Gasteiger partial charge in [-0.15, -0.1) is 0 Å². The van der Waals surface area contributed by atoms with Crippen LogP contribution in [-0.4, -0.2) is 37.0 Å². The van der Waals surface area contributed by atoms with Crippen molar-refractivity contribution in [3.05, 3.63) is 0 Å². The average molecular weight is 218 g/mol. The first-order valence-electron chi connectivity index (χ1n) is 5.23. The van der Waals surface area contributed by atoms with Crippen molar-refractivity contribution in [2.75, 3.05) is 13.1 Å². The largest absolute Gasteiger partial charge is 0.444 e. The summed E-state index contributed by atoms with van der Waals surface area (Å²) in [6.45, 7) is 6.35. The molecule has 0 aliphatic carbocycles. The maximum Gasteiger partial charge on any atom is 0.407 e. The third kappa shape index (κ3) is 4.46. The summed E-state index contributed by atoms with van der Waals surface area (Å²) in [6, 6.07) is -0.430. The highest BCUT2D eigenvalue weighted by Gasteiger charge is 2.27. The zero-order valence-corrected chi connectivity index (χ0v) is 9.47. The minimum Gasteiger partial charge on any atom is -0.444 e. The van der Waals surface area contributed by atoms with E-state index in [1.807, 2.05) is 0 Å². The van der Waals surface area contributed by atoms with E-state index in [2.05, 4.69) is 10.6 Å². The second-order valence-corrected chi connectivity index (χ2v) is 4.76. The SMILES string of the molecule is CC(C)(C)OC(=O)NC1CCNC[C@H]1F. The van der Waals surface area contributed by atoms with Gasteiger partial charge in [0.25, 0.3) is 0 Å². The van der Waals surface area contributed by atoms with E-state index in [1.165, 1.54) is 0 Å². The molecule has 0 bridgehead atoms. The summed E-state index contributed by atoms with van der Waals surface area (Å²) >= 11 is 0. The highest BCUT2D eigenvalue weighted by molar-refractivity contribution is 5.68. The summed E-state index contributed by atoms with van der Waals surface area (Å²) in [7, 11) is 0. The number of hydrogen-bond donors (Lipinski definition) is 2. The third-order valence-electron chi connectivity index (χ3n) is 2.11. The molecule has 0 aromatic rings. The number of nitrogens with one attached hydrogen (secondary N) is 2. The van der Waals surface area contributed by atoms with Crippen LogP contribution in [0.4, 0.5) is 9.18 Å². The second kappa shape index (κ2) is 4.79. The van der Waals surface area contributed by atoms with Crippen LogP contribution in [0.3, 0.4) is 0 Å². The normalized spacial score (nSPS) is 27.2. The van der Waals surface area contributed by atoms with Crippen molar-refractivity contribution >= 4 is 6.09 Å². The molecule has 0 aromatic carbocycles. The third-order valence-corrected chi connectivity index (χ3v) is 2.11. The molecule has 2 atom stereocenters. The Kier molecular flexibility index (Phi) is 3.90. The molecule has 1 heterocycles. The molecule has 88 valence electrons. The molecular weight excluding hydrogens is 199 g/mol. The molecule has 0 spiro atoms. The van der Waals surface area contributed by atoms with Crippen LogP contribution in [0.1, 0.15) is 27.2 Å². The Morgan fingerprint density at radius 2 is 2.20 bits per heavy atom. The van der Waals surface area contributed by atoms with Gasteiger partial charge in [0.05, 0.1) is 6.04 Å². The fourth-order valence-electron chi connectivity index (χ4n) is 1.44. The summed E-state index contributed by atoms with van der Waals surface area (Å²) in [5.41, 5.74) is -0.539. The fourth-order valence-corrected chi connectivity index (χ4v) is 1.44. The number of alkyl halides is 1. The van der Waals surface area contributed by atoms with Crippen LogP contribution < -0.4 is 10.6 Å². The molecule has 1 rings (SSSR count). The number of alkyl carbamates (subject to hydrolysis) is 1. The lowest BCUT2D eigenvalue weighted by Gasteiger charge is -2.28. The van der Waals surface area contributed by atoms with Gasteiger partial charge in [0, 0.05) is 6.54 Å². The maximum absolute atomic E-state index is 13.3. The predicted octanol–water partition coefficient (Wildman–Crippen LogP) is 1.21. The number of amides is 1. The highest BCUT2D eigenvalue weighted by Crippen LogP contribution is 2.10. The number of ether oxygens (including phenoxy) is 1. The van der Waals surface area contributed by atoms with E-state index in [0.717, 1.165) is 6.54 Å². The quantitative estimate of drug-likeness (QED) is 0.695. The molecule has 1 saturated heterocycles. The summed E-state index contributed by atoms with van der Waals surface area (Å²) in [5.74, 6) is 0. The Morgan fingerprint density at radius 3 is 2.73 bits per heavy atom. The van der Waals surface area contributed by atoms with E-state index in [9.17, 15) is 9.18 Å². The number of piperidine rings is 1. The van der Waals surface area contributed by atoms with Crippen LogP contribution >= 0.6 is 0 Å². The van der Waals surface area contributed by atoms with E-state index < -0.39 is 23.9 Å². The van der Waals surface area contributed by atoms with E-state index in [0.29, 0.717) is 13.0 Å². The first-order valence-corrected chi connectivity index (χ1v) is 5.23. The highest BCUT2D eigenvalue weighted by atomic mass is 19.1. The van der Waals surface area contributed by atoms with Crippen LogP contribution in [0.25, 0.3) is 0 Å². The van der Waals surface area contributed by atoms with Crippen molar-refractivity contribution < 1.29 is 13.9 Å². The van der Waals surface area contributed by atoms with Crippen molar-refractivity contribution in [2.45, 2.75) is 45.0 Å². The van der Waals surface area contributed by atoms with Gasteiger partial charge in [0.2, 0.25) is 0 Å². The smallest absolute Gasteiger partial charge is 0.407 e. The van der Waals surface area contributed by atoms with Crippen LogP contribution in [-0.2, 0) is 4.74 Å². The number of carbonyl (C=O) groups excluding carboxylic acids is 1. The first-order chi connectivity index (χ1) is 6.88. The topological polar surface area (TPSA) is 50.4 Å². The minimum absolute atomic E-state index is 0.292. The van der Waals surface area contributed by atoms with Crippen molar-refractivity contribution in [3.63, 3.8) is 0 Å². The van der Waals surface area contributed by atoms with Gasteiger partial charge in [-0.25, -0.2) is 9.18 Å². The molecule has 15 heavy (non-hydrogen) atoms. The summed E-state index contributed by atoms with van der Waals surface area (Å²) in [6.07, 6.45) is -0.983. The molecule has 0 aromatic heterocycles. The minimum atomic E-state index is -1.04. The summed E-state index contributed by atoms with van der Waals surface area (Å²) < 4.78 is 18.4. The lowest BCUT2D eigenvalue weighted by Crippen LogP contribution is -2.51. The summed E-state index contributed by atoms with van der Waals surface area (Å²) in [5, 5.41) is 5.47. The molecule has 0 radical (unpaired) electrons. The number of hydrogen-bond acceptors (Lipinski definition) is 3. The van der Waals surface area contributed by atoms with E-state index in [-0.39, 0.29) is 0 Å². The Labute approximate surface area is 89.6 Å². The van der Waals surface area contributed by atoms with Gasteiger partial charge >= 0.3 is 6.09 Å². The summed E-state index contributed by atoms with van der Waals surface area (Å²) in [4.78, 5) is 11.4. The molecule has 0 saturated carbocycles. The fraction of sp³-hybridized carbons (Fsp3) is 0.900. The van der Waals surface area contributed by atoms with E-state index >= 15 is 0 Å². The van der Waals surface area contributed by atoms with Crippen molar-refractivity contribution in [3.8, 4) is 0 Å². The Morgan fingerprint density at radius 1 is 1.53 bits per heavy atom. The lowest BCUT2D eigenvalue weighted by atomic mass is 10.1. The maximum atomic E-state index is 13.3. The van der Waals surface area contributed by atoms with Crippen molar-refractivity contribution in [1.82, 2.24) is 10.6 Å². The molecule has 2 N–H and O–H groups in total. The van der Waals surface area contributed by atoms with Gasteiger partial charge in [-0.2, -0.15) is 0 Å². The molecule has 1 unspecified atom stereocenters. The van der Waals surface area contributed by atoms with Gasteiger partial charge in [0.15, 0.2) is 0 Å². The van der Waals surface area contributed by atoms with Crippen LogP contribution in [0.15, 0.2) is 0 Å². The van der Waals surface area contributed by atoms with Gasteiger partial charge in [0.1, 0.15) is 11.8 Å². The number of rotatable bonds is 1. The van der Waals surface area contributed by atoms with E-state index in [1.54, 1.807) is 20.8 Å². The Balaban J connectivity index is 2.36. The Bertz CT molecular complexity index is 228. The molecule has 5 heteroatoms. The van der Waals surface area contributed by atoms with Gasteiger partial charge in [-0.1, -0.05) is 0 Å². The zero-order valence-electron chi connectivity index (χ0n) is 9.47. The predicted molar refractivity (Wildman–Crippen MR) is 55.5 cm³/mol. The molecule has 1 aliphatic rings. The van der Waals surface area contributed by atoms with Crippen LogP contribution in [0.2, 0.25) is 0 Å². The van der Waals surface area contributed by atoms with Gasteiger partial charge in [-0.05, 0) is 33.7 Å². The number of halogens is 1. The van der Waals surface area contributed by atoms with Gasteiger partial charge < -0.3 is 15.4 Å². The molecular formula is C10H19FN2O2. The molecule has 1 fully saturated rings. The lowest BCUT2D eigenvalue weighted by molar-refractivity contribution is 0.0458. The van der Waals surface area contributed by atoms with Crippen molar-refractivity contribution in [2.24, 2.45) is 0 Å². The van der Waals surface area contributed by atoms with Crippen LogP contribution in [0.5, 0.6) is 0 Å². The standard InChI is InChI=1S/C10H19FN2O2/c1-10(2,3)15-9(14)13-8-4-5-12-6-7(8)11/h7-8,12H,4-6H2,1-3H3,(H,13,14)/t7-,8?/m1/s1. The van der Waals surface area contributed by atoms with Crippen molar-refractivity contribution in [1.29, 1.82) is 0 Å². The second-order valence-electron chi connectivity index (χ2n) is 4.76. The average Bonchev–Trinajstić information content (AvgIpc) is 2.05. The molecule has 4 nitrogen and oxygen atoms in total. The molecule has 1 aliphatic heterocycles. The monoisotopic (exact) mass is 218 g/mol. The zero-order chi connectivity index (χ0) is 11.5. The number of carbonyl (C=O) groups is 1.